The van der Waals surface area contributed by atoms with Crippen LogP contribution >= 0.6 is 0 Å². The molecule has 0 aliphatic carbocycles. The first kappa shape index (κ1) is 12.3. The third-order valence-corrected chi connectivity index (χ3v) is 2.83. The van der Waals surface area contributed by atoms with Crippen LogP contribution in [0.5, 0.6) is 0 Å². The zero-order chi connectivity index (χ0) is 13.3. The molecule has 0 unspecified atom stereocenters. The SMILES string of the molecule is Cc1cc(F)ccc1Cn1cc(C)c(=O)[nH]c1=O. The first-order chi connectivity index (χ1) is 8.47. The van der Waals surface area contributed by atoms with Gasteiger partial charge in [0.2, 0.25) is 0 Å². The second-order valence-electron chi connectivity index (χ2n) is 4.27. The lowest BCUT2D eigenvalue weighted by Crippen LogP contribution is -2.31. The molecule has 5 heteroatoms. The van der Waals surface area contributed by atoms with E-state index in [1.54, 1.807) is 19.9 Å². The van der Waals surface area contributed by atoms with E-state index in [0.29, 0.717) is 12.1 Å². The number of nitrogens with zero attached hydrogens (tertiary/aromatic N) is 1. The van der Waals surface area contributed by atoms with Gasteiger partial charge in [0.05, 0.1) is 6.54 Å². The Hall–Kier alpha value is -2.17. The molecule has 0 aliphatic rings. The van der Waals surface area contributed by atoms with Crippen LogP contribution in [0.25, 0.3) is 0 Å². The van der Waals surface area contributed by atoms with Gasteiger partial charge in [0.1, 0.15) is 5.82 Å². The van der Waals surface area contributed by atoms with E-state index >= 15 is 0 Å². The normalized spacial score (nSPS) is 10.6. The zero-order valence-corrected chi connectivity index (χ0v) is 10.2. The largest absolute Gasteiger partial charge is 0.328 e. The second-order valence-corrected chi connectivity index (χ2v) is 4.27. The van der Waals surface area contributed by atoms with Crippen molar-refractivity contribution in [1.82, 2.24) is 9.55 Å². The Kier molecular flexibility index (Phi) is 3.14. The monoisotopic (exact) mass is 248 g/mol. The second kappa shape index (κ2) is 4.60. The highest BCUT2D eigenvalue weighted by atomic mass is 19.1. The number of halogens is 1. The highest BCUT2D eigenvalue weighted by Crippen LogP contribution is 2.10. The molecule has 1 heterocycles. The van der Waals surface area contributed by atoms with Crippen LogP contribution in [0.4, 0.5) is 4.39 Å². The summed E-state index contributed by atoms with van der Waals surface area (Å²) < 4.78 is 14.4. The Labute approximate surface area is 103 Å². The molecule has 0 spiro atoms. The molecule has 18 heavy (non-hydrogen) atoms. The third-order valence-electron chi connectivity index (χ3n) is 2.83. The number of rotatable bonds is 2. The Morgan fingerprint density at radius 3 is 2.61 bits per heavy atom. The minimum Gasteiger partial charge on any atom is -0.296 e. The Morgan fingerprint density at radius 1 is 1.22 bits per heavy atom. The molecule has 0 amide bonds. The molecule has 0 saturated heterocycles. The number of H-pyrrole nitrogens is 1. The van der Waals surface area contributed by atoms with Gasteiger partial charge in [-0.2, -0.15) is 0 Å². The maximum atomic E-state index is 13.0. The lowest BCUT2D eigenvalue weighted by atomic mass is 10.1. The van der Waals surface area contributed by atoms with Crippen molar-refractivity contribution in [1.29, 1.82) is 0 Å². The van der Waals surface area contributed by atoms with E-state index in [1.807, 2.05) is 0 Å². The van der Waals surface area contributed by atoms with Crippen molar-refractivity contribution in [2.24, 2.45) is 0 Å². The van der Waals surface area contributed by atoms with Crippen molar-refractivity contribution in [3.8, 4) is 0 Å². The Balaban J connectivity index is 2.43. The van der Waals surface area contributed by atoms with E-state index in [9.17, 15) is 14.0 Å². The standard InChI is InChI=1S/C13H13FN2O2/c1-8-5-11(14)4-3-10(8)7-16-6-9(2)12(17)15-13(16)18/h3-6H,7H2,1-2H3,(H,15,17,18). The predicted octanol–water partition coefficient (Wildman–Crippen LogP) is 1.34. The van der Waals surface area contributed by atoms with Crippen molar-refractivity contribution >= 4 is 0 Å². The summed E-state index contributed by atoms with van der Waals surface area (Å²) in [5.41, 5.74) is 1.23. The van der Waals surface area contributed by atoms with Gasteiger partial charge in [-0.25, -0.2) is 9.18 Å². The number of hydrogen-bond donors (Lipinski definition) is 1. The van der Waals surface area contributed by atoms with Crippen LogP contribution in [0, 0.1) is 19.7 Å². The van der Waals surface area contributed by atoms with Crippen LogP contribution in [-0.4, -0.2) is 9.55 Å². The van der Waals surface area contributed by atoms with Gasteiger partial charge in [-0.05, 0) is 37.1 Å². The number of aryl methyl sites for hydroxylation is 2. The fourth-order valence-electron chi connectivity index (χ4n) is 1.76. The molecule has 0 atom stereocenters. The van der Waals surface area contributed by atoms with Crippen molar-refractivity contribution in [2.45, 2.75) is 20.4 Å². The van der Waals surface area contributed by atoms with Gasteiger partial charge in [0.15, 0.2) is 0 Å². The number of nitrogens with one attached hydrogen (secondary N) is 1. The smallest absolute Gasteiger partial charge is 0.296 e. The summed E-state index contributed by atoms with van der Waals surface area (Å²) in [5, 5.41) is 0. The minimum atomic E-state index is -0.464. The third kappa shape index (κ3) is 2.40. The first-order valence-corrected chi connectivity index (χ1v) is 5.53. The highest BCUT2D eigenvalue weighted by molar-refractivity contribution is 5.26. The molecule has 4 nitrogen and oxygen atoms in total. The Bertz CT molecular complexity index is 701. The highest BCUT2D eigenvalue weighted by Gasteiger charge is 2.04. The molecular weight excluding hydrogens is 235 g/mol. The van der Waals surface area contributed by atoms with E-state index in [-0.39, 0.29) is 11.4 Å². The summed E-state index contributed by atoms with van der Waals surface area (Å²) in [4.78, 5) is 25.1. The summed E-state index contributed by atoms with van der Waals surface area (Å²) >= 11 is 0. The molecule has 94 valence electrons. The van der Waals surface area contributed by atoms with Gasteiger partial charge in [-0.15, -0.1) is 0 Å². The number of aromatic nitrogens is 2. The quantitative estimate of drug-likeness (QED) is 0.872. The van der Waals surface area contributed by atoms with Crippen molar-refractivity contribution in [3.63, 3.8) is 0 Å². The van der Waals surface area contributed by atoms with Crippen molar-refractivity contribution in [3.05, 3.63) is 67.7 Å². The summed E-state index contributed by atoms with van der Waals surface area (Å²) in [5.74, 6) is -0.304. The van der Waals surface area contributed by atoms with Crippen LogP contribution in [0.3, 0.4) is 0 Å². The van der Waals surface area contributed by atoms with Crippen LogP contribution in [-0.2, 0) is 6.54 Å². The van der Waals surface area contributed by atoms with Gasteiger partial charge in [-0.1, -0.05) is 6.07 Å². The summed E-state index contributed by atoms with van der Waals surface area (Å²) in [6.07, 6.45) is 1.50. The van der Waals surface area contributed by atoms with E-state index in [2.05, 4.69) is 4.98 Å². The maximum Gasteiger partial charge on any atom is 0.328 e. The number of benzene rings is 1. The number of aromatic amines is 1. The zero-order valence-electron chi connectivity index (χ0n) is 10.2. The van der Waals surface area contributed by atoms with E-state index in [4.69, 9.17) is 0 Å². The molecule has 0 bridgehead atoms. The van der Waals surface area contributed by atoms with Crippen LogP contribution in [0.2, 0.25) is 0 Å². The number of hydrogen-bond acceptors (Lipinski definition) is 2. The fourth-order valence-corrected chi connectivity index (χ4v) is 1.76. The average Bonchev–Trinajstić information content (AvgIpc) is 2.29. The molecular formula is C13H13FN2O2. The first-order valence-electron chi connectivity index (χ1n) is 5.53. The molecule has 0 saturated carbocycles. The minimum absolute atomic E-state index is 0.304. The van der Waals surface area contributed by atoms with Gasteiger partial charge in [0, 0.05) is 11.8 Å². The lowest BCUT2D eigenvalue weighted by molar-refractivity contribution is 0.623. The molecule has 0 radical (unpaired) electrons. The predicted molar refractivity (Wildman–Crippen MR) is 66.3 cm³/mol. The van der Waals surface area contributed by atoms with Crippen LogP contribution < -0.4 is 11.2 Å². The van der Waals surface area contributed by atoms with Crippen molar-refractivity contribution < 1.29 is 4.39 Å². The molecule has 1 N–H and O–H groups in total. The molecule has 0 aliphatic heterocycles. The van der Waals surface area contributed by atoms with Gasteiger partial charge < -0.3 is 0 Å². The van der Waals surface area contributed by atoms with Crippen LogP contribution in [0.15, 0.2) is 34.0 Å². The molecule has 1 aromatic carbocycles. The molecule has 0 fully saturated rings. The molecule has 2 aromatic rings. The van der Waals surface area contributed by atoms with E-state index in [0.717, 1.165) is 11.1 Å². The van der Waals surface area contributed by atoms with Crippen molar-refractivity contribution in [2.75, 3.05) is 0 Å². The summed E-state index contributed by atoms with van der Waals surface area (Å²) in [6, 6.07) is 4.41. The van der Waals surface area contributed by atoms with E-state index in [1.165, 1.54) is 22.9 Å². The van der Waals surface area contributed by atoms with E-state index < -0.39 is 5.69 Å². The molecule has 2 rings (SSSR count). The van der Waals surface area contributed by atoms with Gasteiger partial charge in [0.25, 0.3) is 5.56 Å². The molecule has 1 aromatic heterocycles. The topological polar surface area (TPSA) is 54.9 Å². The van der Waals surface area contributed by atoms with Crippen LogP contribution in [0.1, 0.15) is 16.7 Å². The van der Waals surface area contributed by atoms with Gasteiger partial charge in [-0.3, -0.25) is 14.3 Å². The average molecular weight is 248 g/mol. The summed E-state index contributed by atoms with van der Waals surface area (Å²) in [7, 11) is 0. The summed E-state index contributed by atoms with van der Waals surface area (Å²) in [6.45, 7) is 3.72. The van der Waals surface area contributed by atoms with Gasteiger partial charge >= 0.3 is 5.69 Å². The Morgan fingerprint density at radius 2 is 1.94 bits per heavy atom. The fraction of sp³-hybridized carbons (Fsp3) is 0.231. The lowest BCUT2D eigenvalue weighted by Gasteiger charge is -2.08. The maximum absolute atomic E-state index is 13.0.